The number of amides is 1. The van der Waals surface area contributed by atoms with Crippen molar-refractivity contribution < 1.29 is 14.3 Å². The van der Waals surface area contributed by atoms with Crippen molar-refractivity contribution in [2.24, 2.45) is 17.8 Å². The minimum atomic E-state index is -0.203. The molecule has 5 rings (SSSR count). The molecule has 26 heavy (non-hydrogen) atoms. The maximum atomic E-state index is 12.6. The van der Waals surface area contributed by atoms with E-state index in [-0.39, 0.29) is 34.6 Å². The molecule has 6 heteroatoms. The maximum absolute atomic E-state index is 12.6. The molecular formula is C20H23Cl2NO3. The molecule has 1 amide bonds. The number of rotatable bonds is 5. The quantitative estimate of drug-likeness (QED) is 0.737. The zero-order chi connectivity index (χ0) is 18.5. The van der Waals surface area contributed by atoms with Crippen molar-refractivity contribution in [3.8, 4) is 5.75 Å². The molecule has 1 aromatic rings. The van der Waals surface area contributed by atoms with Gasteiger partial charge in [0, 0.05) is 10.6 Å². The second-order valence-corrected chi connectivity index (χ2v) is 9.20. The number of ketones is 1. The van der Waals surface area contributed by atoms with E-state index in [1.807, 2.05) is 0 Å². The monoisotopic (exact) mass is 395 g/mol. The highest BCUT2D eigenvalue weighted by molar-refractivity contribution is 6.36. The third-order valence-corrected chi connectivity index (χ3v) is 6.68. The second kappa shape index (κ2) is 6.72. The molecule has 0 unspecified atom stereocenters. The van der Waals surface area contributed by atoms with Gasteiger partial charge in [-0.05, 0) is 75.3 Å². The average molecular weight is 396 g/mol. The molecular weight excluding hydrogens is 373 g/mol. The van der Waals surface area contributed by atoms with Gasteiger partial charge in [0.15, 0.2) is 12.4 Å². The summed E-state index contributed by atoms with van der Waals surface area (Å²) in [5.41, 5.74) is 0.243. The van der Waals surface area contributed by atoms with Crippen molar-refractivity contribution in [1.82, 2.24) is 5.32 Å². The van der Waals surface area contributed by atoms with Gasteiger partial charge in [0.25, 0.3) is 5.91 Å². The molecule has 4 nitrogen and oxygen atoms in total. The number of nitrogens with one attached hydrogen (secondary N) is 1. The van der Waals surface area contributed by atoms with Crippen molar-refractivity contribution in [1.29, 1.82) is 0 Å². The normalized spacial score (nSPS) is 31.7. The Bertz CT molecular complexity index is 726. The molecule has 0 saturated heterocycles. The number of carbonyl (C=O) groups excluding carboxylic acids is 2. The van der Waals surface area contributed by atoms with E-state index in [2.05, 4.69) is 5.32 Å². The summed E-state index contributed by atoms with van der Waals surface area (Å²) < 4.78 is 5.64. The summed E-state index contributed by atoms with van der Waals surface area (Å²) >= 11 is 12.1. The summed E-state index contributed by atoms with van der Waals surface area (Å²) in [7, 11) is 0. The number of Topliss-reactive ketones (excluding diaryl/α,β-unsaturated/α-hetero) is 1. The van der Waals surface area contributed by atoms with E-state index in [1.165, 1.54) is 38.3 Å². The summed E-state index contributed by atoms with van der Waals surface area (Å²) in [5.74, 6) is 2.16. The Morgan fingerprint density at radius 2 is 1.69 bits per heavy atom. The molecule has 4 aliphatic rings. The van der Waals surface area contributed by atoms with Crippen molar-refractivity contribution >= 4 is 34.9 Å². The molecule has 0 heterocycles. The second-order valence-electron chi connectivity index (χ2n) is 8.36. The molecule has 140 valence electrons. The lowest BCUT2D eigenvalue weighted by molar-refractivity contribution is -0.128. The van der Waals surface area contributed by atoms with Crippen LogP contribution >= 0.6 is 23.2 Å². The molecule has 4 saturated carbocycles. The van der Waals surface area contributed by atoms with Crippen LogP contribution in [-0.2, 0) is 4.79 Å². The first-order chi connectivity index (χ1) is 12.3. The lowest BCUT2D eigenvalue weighted by Gasteiger charge is -2.56. The Labute approximate surface area is 163 Å². The molecule has 1 N–H and O–H groups in total. The van der Waals surface area contributed by atoms with Gasteiger partial charge in [0.1, 0.15) is 5.75 Å². The number of hydrogen-bond donors (Lipinski definition) is 1. The Kier molecular flexibility index (Phi) is 4.68. The van der Waals surface area contributed by atoms with Gasteiger partial charge in [0.2, 0.25) is 0 Å². The summed E-state index contributed by atoms with van der Waals surface area (Å²) in [4.78, 5) is 24.4. The first kappa shape index (κ1) is 18.1. The van der Waals surface area contributed by atoms with Crippen LogP contribution in [0.1, 0.15) is 55.8 Å². The third-order valence-electron chi connectivity index (χ3n) is 6.18. The van der Waals surface area contributed by atoms with Crippen LogP contribution in [0.3, 0.4) is 0 Å². The Morgan fingerprint density at radius 1 is 1.12 bits per heavy atom. The van der Waals surface area contributed by atoms with Gasteiger partial charge < -0.3 is 10.1 Å². The van der Waals surface area contributed by atoms with Crippen LogP contribution in [0.2, 0.25) is 10.0 Å². The lowest BCUT2D eigenvalue weighted by atomic mass is 9.53. The summed E-state index contributed by atoms with van der Waals surface area (Å²) in [6.07, 6.45) is 7.25. The van der Waals surface area contributed by atoms with Crippen LogP contribution in [0.15, 0.2) is 12.1 Å². The summed E-state index contributed by atoms with van der Waals surface area (Å²) in [5, 5.41) is 3.86. The molecule has 1 aromatic carbocycles. The number of hydrogen-bond acceptors (Lipinski definition) is 3. The number of carbonyl (C=O) groups is 2. The smallest absolute Gasteiger partial charge is 0.258 e. The summed E-state index contributed by atoms with van der Waals surface area (Å²) in [6, 6.07) is 3.03. The molecule has 4 bridgehead atoms. The maximum Gasteiger partial charge on any atom is 0.258 e. The van der Waals surface area contributed by atoms with Gasteiger partial charge in [-0.2, -0.15) is 0 Å². The molecule has 0 aliphatic heterocycles. The van der Waals surface area contributed by atoms with E-state index < -0.39 is 0 Å². The van der Waals surface area contributed by atoms with E-state index in [4.69, 9.17) is 27.9 Å². The van der Waals surface area contributed by atoms with Gasteiger partial charge in [0.05, 0.1) is 10.6 Å². The molecule has 0 radical (unpaired) electrons. The topological polar surface area (TPSA) is 55.4 Å². The highest BCUT2D eigenvalue weighted by atomic mass is 35.5. The molecule has 0 aromatic heterocycles. The SMILES string of the molecule is CC(=O)c1cc(Cl)cc(Cl)c1OCC(=O)NC12CC3CC(CC(C3)C1)C2. The van der Waals surface area contributed by atoms with Gasteiger partial charge in [-0.1, -0.05) is 23.2 Å². The van der Waals surface area contributed by atoms with E-state index in [0.29, 0.717) is 10.6 Å². The van der Waals surface area contributed by atoms with Crippen LogP contribution in [0.5, 0.6) is 5.75 Å². The fraction of sp³-hybridized carbons (Fsp3) is 0.600. The van der Waals surface area contributed by atoms with Crippen LogP contribution in [0, 0.1) is 17.8 Å². The zero-order valence-electron chi connectivity index (χ0n) is 14.8. The average Bonchev–Trinajstić information content (AvgIpc) is 2.51. The molecule has 0 atom stereocenters. The Hall–Kier alpha value is -1.26. The highest BCUT2D eigenvalue weighted by Crippen LogP contribution is 2.55. The van der Waals surface area contributed by atoms with Crippen molar-refractivity contribution in [2.45, 2.75) is 51.0 Å². The van der Waals surface area contributed by atoms with Crippen LogP contribution < -0.4 is 10.1 Å². The third kappa shape index (κ3) is 3.46. The van der Waals surface area contributed by atoms with Crippen LogP contribution in [0.4, 0.5) is 0 Å². The summed E-state index contributed by atoms with van der Waals surface area (Å²) in [6.45, 7) is 1.27. The minimum absolute atomic E-state index is 0.0532. The van der Waals surface area contributed by atoms with Crippen molar-refractivity contribution in [3.63, 3.8) is 0 Å². The Balaban J connectivity index is 1.43. The largest absolute Gasteiger partial charge is 0.481 e. The first-order valence-electron chi connectivity index (χ1n) is 9.27. The molecule has 4 aliphatic carbocycles. The lowest BCUT2D eigenvalue weighted by Crippen LogP contribution is -2.60. The fourth-order valence-corrected chi connectivity index (χ4v) is 6.25. The fourth-order valence-electron chi connectivity index (χ4n) is 5.70. The van der Waals surface area contributed by atoms with Crippen molar-refractivity contribution in [3.05, 3.63) is 27.7 Å². The first-order valence-corrected chi connectivity index (χ1v) is 10.0. The predicted molar refractivity (Wildman–Crippen MR) is 101 cm³/mol. The minimum Gasteiger partial charge on any atom is -0.481 e. The van der Waals surface area contributed by atoms with Crippen LogP contribution in [0.25, 0.3) is 0 Å². The predicted octanol–water partition coefficient (Wildman–Crippen LogP) is 4.66. The number of benzene rings is 1. The highest BCUT2D eigenvalue weighted by Gasteiger charge is 2.51. The zero-order valence-corrected chi connectivity index (χ0v) is 16.3. The standard InChI is InChI=1S/C20H23Cl2NO3/c1-11(24)16-5-15(21)6-17(22)19(16)26-10-18(25)23-20-7-12-2-13(8-20)4-14(3-12)9-20/h5-6,12-14H,2-4,7-10H2,1H3,(H,23,25). The molecule has 4 fully saturated rings. The van der Waals surface area contributed by atoms with E-state index in [0.717, 1.165) is 37.0 Å². The van der Waals surface area contributed by atoms with Gasteiger partial charge in [-0.3, -0.25) is 9.59 Å². The molecule has 0 spiro atoms. The van der Waals surface area contributed by atoms with E-state index in [9.17, 15) is 9.59 Å². The number of halogens is 2. The number of ether oxygens (including phenoxy) is 1. The van der Waals surface area contributed by atoms with Gasteiger partial charge in [-0.15, -0.1) is 0 Å². The van der Waals surface area contributed by atoms with Crippen molar-refractivity contribution in [2.75, 3.05) is 6.61 Å². The van der Waals surface area contributed by atoms with Crippen LogP contribution in [-0.4, -0.2) is 23.8 Å². The van der Waals surface area contributed by atoms with Gasteiger partial charge >= 0.3 is 0 Å². The van der Waals surface area contributed by atoms with E-state index >= 15 is 0 Å². The Morgan fingerprint density at radius 3 is 2.23 bits per heavy atom. The van der Waals surface area contributed by atoms with E-state index in [1.54, 1.807) is 0 Å². The van der Waals surface area contributed by atoms with Gasteiger partial charge in [-0.25, -0.2) is 0 Å².